The van der Waals surface area contributed by atoms with E-state index in [9.17, 15) is 9.18 Å². The van der Waals surface area contributed by atoms with Crippen LogP contribution in [0.1, 0.15) is 5.56 Å². The van der Waals surface area contributed by atoms with Crippen LogP contribution in [0, 0.1) is 5.82 Å². The minimum absolute atomic E-state index is 0. The van der Waals surface area contributed by atoms with Crippen molar-refractivity contribution in [2.24, 2.45) is 4.99 Å². The van der Waals surface area contributed by atoms with Gasteiger partial charge in [-0.25, -0.2) is 4.39 Å². The molecule has 2 rings (SSSR count). The number of anilines is 1. The molecule has 0 spiro atoms. The molecule has 0 aliphatic rings. The summed E-state index contributed by atoms with van der Waals surface area (Å²) in [6.45, 7) is 0.591. The molecule has 5 nitrogen and oxygen atoms in total. The highest BCUT2D eigenvalue weighted by Gasteiger charge is 2.04. The number of carbonyl (C=O) groups excluding carboxylic acids is 1. The lowest BCUT2D eigenvalue weighted by Gasteiger charge is -2.12. The molecule has 2 aromatic carbocycles. The fourth-order valence-corrected chi connectivity index (χ4v) is 2.04. The van der Waals surface area contributed by atoms with Gasteiger partial charge in [0, 0.05) is 24.3 Å². The number of carbonyl (C=O) groups is 1. The Balaban J connectivity index is 0.00000312. The van der Waals surface area contributed by atoms with Gasteiger partial charge in [-0.2, -0.15) is 0 Å². The molecule has 25 heavy (non-hydrogen) atoms. The Bertz CT molecular complexity index is 708. The Hall–Kier alpha value is -1.87. The normalized spacial score (nSPS) is 10.6. The molecule has 2 aromatic rings. The van der Waals surface area contributed by atoms with Crippen molar-refractivity contribution in [2.75, 3.05) is 18.9 Å². The number of nitrogens with one attached hydrogen (secondary N) is 3. The van der Waals surface area contributed by atoms with E-state index >= 15 is 0 Å². The topological polar surface area (TPSA) is 65.5 Å². The maximum absolute atomic E-state index is 12.8. The summed E-state index contributed by atoms with van der Waals surface area (Å²) < 4.78 is 12.8. The molecule has 8 heteroatoms. The van der Waals surface area contributed by atoms with Crippen LogP contribution in [0.25, 0.3) is 0 Å². The Kier molecular flexibility index (Phi) is 9.22. The number of rotatable bonds is 5. The zero-order valence-electron chi connectivity index (χ0n) is 13.6. The number of amides is 1. The smallest absolute Gasteiger partial charge is 0.243 e. The lowest BCUT2D eigenvalue weighted by molar-refractivity contribution is -0.115. The highest BCUT2D eigenvalue weighted by atomic mass is 127. The van der Waals surface area contributed by atoms with E-state index in [4.69, 9.17) is 11.6 Å². The Labute approximate surface area is 168 Å². The second-order valence-corrected chi connectivity index (χ2v) is 5.40. The Morgan fingerprint density at radius 3 is 2.32 bits per heavy atom. The maximum Gasteiger partial charge on any atom is 0.243 e. The van der Waals surface area contributed by atoms with E-state index in [2.05, 4.69) is 20.9 Å². The van der Waals surface area contributed by atoms with Crippen molar-refractivity contribution in [1.29, 1.82) is 0 Å². The van der Waals surface area contributed by atoms with Gasteiger partial charge in [-0.15, -0.1) is 24.0 Å². The Morgan fingerprint density at radius 2 is 1.72 bits per heavy atom. The quantitative estimate of drug-likeness (QED) is 0.352. The molecule has 0 unspecified atom stereocenters. The van der Waals surface area contributed by atoms with Crippen LogP contribution in [0.15, 0.2) is 53.5 Å². The first-order valence-corrected chi connectivity index (χ1v) is 7.69. The molecule has 0 atom stereocenters. The number of hydrogen-bond donors (Lipinski definition) is 3. The predicted molar refractivity (Wildman–Crippen MR) is 110 cm³/mol. The molecule has 0 fully saturated rings. The average Bonchev–Trinajstić information content (AvgIpc) is 2.58. The number of halogens is 3. The molecule has 3 N–H and O–H groups in total. The zero-order valence-corrected chi connectivity index (χ0v) is 16.6. The van der Waals surface area contributed by atoms with Crippen molar-refractivity contribution in [3.05, 3.63) is 64.9 Å². The van der Waals surface area contributed by atoms with Crippen LogP contribution in [0.3, 0.4) is 0 Å². The molecule has 0 bridgehead atoms. The highest BCUT2D eigenvalue weighted by Crippen LogP contribution is 2.09. The fourth-order valence-electron chi connectivity index (χ4n) is 1.91. The summed E-state index contributed by atoms with van der Waals surface area (Å²) in [7, 11) is 1.62. The van der Waals surface area contributed by atoms with E-state index in [-0.39, 0.29) is 42.2 Å². The van der Waals surface area contributed by atoms with Gasteiger partial charge in [-0.1, -0.05) is 23.7 Å². The van der Waals surface area contributed by atoms with E-state index in [0.29, 0.717) is 23.2 Å². The summed E-state index contributed by atoms with van der Waals surface area (Å²) in [6.07, 6.45) is 0. The zero-order chi connectivity index (χ0) is 17.4. The summed E-state index contributed by atoms with van der Waals surface area (Å²) in [6, 6.07) is 13.0. The van der Waals surface area contributed by atoms with E-state index in [0.717, 1.165) is 5.56 Å². The number of benzene rings is 2. The molecule has 1 amide bonds. The lowest BCUT2D eigenvalue weighted by Crippen LogP contribution is -2.41. The summed E-state index contributed by atoms with van der Waals surface area (Å²) in [4.78, 5) is 15.9. The van der Waals surface area contributed by atoms with Gasteiger partial charge < -0.3 is 16.0 Å². The van der Waals surface area contributed by atoms with Crippen LogP contribution < -0.4 is 16.0 Å². The summed E-state index contributed by atoms with van der Waals surface area (Å²) in [5, 5.41) is 9.35. The predicted octanol–water partition coefficient (Wildman–Crippen LogP) is 3.40. The summed E-state index contributed by atoms with van der Waals surface area (Å²) in [5.74, 6) is -0.104. The lowest BCUT2D eigenvalue weighted by atomic mass is 10.2. The summed E-state index contributed by atoms with van der Waals surface area (Å²) >= 11 is 5.84. The van der Waals surface area contributed by atoms with E-state index in [1.807, 2.05) is 24.3 Å². The van der Waals surface area contributed by atoms with Crippen LogP contribution in [0.2, 0.25) is 5.02 Å². The molecule has 0 aliphatic heterocycles. The van der Waals surface area contributed by atoms with Gasteiger partial charge in [0.05, 0.1) is 6.54 Å². The van der Waals surface area contributed by atoms with Gasteiger partial charge in [-0.05, 0) is 42.0 Å². The highest BCUT2D eigenvalue weighted by molar-refractivity contribution is 14.0. The fraction of sp³-hybridized carbons (Fsp3) is 0.176. The molecule has 0 aliphatic carbocycles. The molecular formula is C17H19ClFIN4O. The van der Waals surface area contributed by atoms with Gasteiger partial charge in [0.1, 0.15) is 5.82 Å². The van der Waals surface area contributed by atoms with Crippen LogP contribution in [-0.4, -0.2) is 25.5 Å². The van der Waals surface area contributed by atoms with Crippen LogP contribution >= 0.6 is 35.6 Å². The summed E-state index contributed by atoms with van der Waals surface area (Å²) in [5.41, 5.74) is 1.57. The molecule has 0 aromatic heterocycles. The van der Waals surface area contributed by atoms with Crippen molar-refractivity contribution in [2.45, 2.75) is 6.54 Å². The standard InChI is InChI=1S/C17H18ClFN4O.HI/c1-20-17(21-10-12-2-4-13(18)5-3-12)22-11-16(24)23-15-8-6-14(19)7-9-15;/h2-9H,10-11H2,1H3,(H,23,24)(H2,20,21,22);1H. The SMILES string of the molecule is CN=C(NCC(=O)Nc1ccc(F)cc1)NCc1ccc(Cl)cc1.I. The number of aliphatic imine (C=N–C) groups is 1. The van der Waals surface area contributed by atoms with Crippen LogP contribution in [0.5, 0.6) is 0 Å². The van der Waals surface area contributed by atoms with Crippen molar-refractivity contribution in [1.82, 2.24) is 10.6 Å². The monoisotopic (exact) mass is 476 g/mol. The second-order valence-electron chi connectivity index (χ2n) is 4.96. The number of guanidine groups is 1. The van der Waals surface area contributed by atoms with Crippen molar-refractivity contribution in [3.8, 4) is 0 Å². The van der Waals surface area contributed by atoms with E-state index in [1.165, 1.54) is 24.3 Å². The van der Waals surface area contributed by atoms with Crippen LogP contribution in [0.4, 0.5) is 10.1 Å². The Morgan fingerprint density at radius 1 is 1.08 bits per heavy atom. The van der Waals surface area contributed by atoms with Gasteiger partial charge in [0.25, 0.3) is 0 Å². The van der Waals surface area contributed by atoms with Crippen molar-refractivity contribution >= 4 is 53.1 Å². The second kappa shape index (κ2) is 10.9. The molecule has 0 radical (unpaired) electrons. The van der Waals surface area contributed by atoms with Crippen molar-refractivity contribution < 1.29 is 9.18 Å². The maximum atomic E-state index is 12.8. The minimum Gasteiger partial charge on any atom is -0.352 e. The first kappa shape index (κ1) is 21.2. The average molecular weight is 477 g/mol. The van der Waals surface area contributed by atoms with Crippen LogP contribution in [-0.2, 0) is 11.3 Å². The van der Waals surface area contributed by atoms with E-state index < -0.39 is 0 Å². The third kappa shape index (κ3) is 7.70. The number of hydrogen-bond acceptors (Lipinski definition) is 2. The van der Waals surface area contributed by atoms with Gasteiger partial charge in [0.2, 0.25) is 5.91 Å². The molecule has 0 heterocycles. The largest absolute Gasteiger partial charge is 0.352 e. The van der Waals surface area contributed by atoms with Gasteiger partial charge >= 0.3 is 0 Å². The van der Waals surface area contributed by atoms with Gasteiger partial charge in [0.15, 0.2) is 5.96 Å². The molecular weight excluding hydrogens is 458 g/mol. The first-order valence-electron chi connectivity index (χ1n) is 7.31. The van der Waals surface area contributed by atoms with Gasteiger partial charge in [-0.3, -0.25) is 9.79 Å². The van der Waals surface area contributed by atoms with Crippen molar-refractivity contribution in [3.63, 3.8) is 0 Å². The molecule has 134 valence electrons. The third-order valence-corrected chi connectivity index (χ3v) is 3.39. The molecule has 0 saturated heterocycles. The number of nitrogens with zero attached hydrogens (tertiary/aromatic N) is 1. The molecule has 0 saturated carbocycles. The minimum atomic E-state index is -0.349. The van der Waals surface area contributed by atoms with E-state index in [1.54, 1.807) is 7.05 Å². The third-order valence-electron chi connectivity index (χ3n) is 3.14. The first-order chi connectivity index (χ1) is 11.6.